The van der Waals surface area contributed by atoms with Crippen molar-refractivity contribution < 1.29 is 19.2 Å². The van der Waals surface area contributed by atoms with E-state index in [1.165, 1.54) is 13.3 Å². The fourth-order valence-corrected chi connectivity index (χ4v) is 1.81. The van der Waals surface area contributed by atoms with Crippen LogP contribution in [0.2, 0.25) is 5.02 Å². The van der Waals surface area contributed by atoms with Gasteiger partial charge in [-0.3, -0.25) is 4.79 Å². The van der Waals surface area contributed by atoms with Crippen LogP contribution in [0.15, 0.2) is 29.4 Å². The quantitative estimate of drug-likeness (QED) is 0.336. The number of halogens is 1. The van der Waals surface area contributed by atoms with Crippen LogP contribution in [0.5, 0.6) is 0 Å². The fraction of sp³-hybridized carbons (Fsp3) is 0.400. The summed E-state index contributed by atoms with van der Waals surface area (Å²) in [5.41, 5.74) is 0.771. The highest BCUT2D eigenvalue weighted by Gasteiger charge is 2.18. The summed E-state index contributed by atoms with van der Waals surface area (Å²) in [6.45, 7) is 1.87. The Labute approximate surface area is 128 Å². The van der Waals surface area contributed by atoms with Gasteiger partial charge in [-0.1, -0.05) is 35.8 Å². The van der Waals surface area contributed by atoms with Crippen molar-refractivity contribution in [2.24, 2.45) is 11.1 Å². The Balaban J connectivity index is 2.37. The molecule has 0 aromatic heterocycles. The number of nitrogens with zero attached hydrogens (tertiary/aromatic N) is 1. The molecule has 0 saturated heterocycles. The van der Waals surface area contributed by atoms with Crippen molar-refractivity contribution in [3.8, 4) is 0 Å². The number of carbonyl (C=O) groups excluding carboxylic acids is 2. The molecular formula is C15H18ClNO4. The first-order valence-electron chi connectivity index (χ1n) is 6.63. The van der Waals surface area contributed by atoms with Crippen LogP contribution in [0, 0.1) is 5.92 Å². The summed E-state index contributed by atoms with van der Waals surface area (Å²) in [5, 5.41) is 4.23. The van der Waals surface area contributed by atoms with Crippen molar-refractivity contribution in [1.29, 1.82) is 0 Å². The van der Waals surface area contributed by atoms with Crippen LogP contribution in [-0.2, 0) is 19.2 Å². The first kappa shape index (κ1) is 17.2. The monoisotopic (exact) mass is 311 g/mol. The molecule has 0 heterocycles. The zero-order chi connectivity index (χ0) is 15.7. The SMILES string of the molecule is CCC(CCC(=O)ON=Cc1ccc(Cl)cc1)C(=O)OC. The predicted molar refractivity (Wildman–Crippen MR) is 80.2 cm³/mol. The van der Waals surface area contributed by atoms with Gasteiger partial charge in [-0.05, 0) is 30.5 Å². The summed E-state index contributed by atoms with van der Waals surface area (Å²) in [6.07, 6.45) is 2.55. The van der Waals surface area contributed by atoms with E-state index in [1.807, 2.05) is 6.92 Å². The van der Waals surface area contributed by atoms with Crippen molar-refractivity contribution in [1.82, 2.24) is 0 Å². The summed E-state index contributed by atoms with van der Waals surface area (Å²) in [6, 6.07) is 6.94. The predicted octanol–water partition coefficient (Wildman–Crippen LogP) is 3.20. The van der Waals surface area contributed by atoms with Gasteiger partial charge < -0.3 is 9.57 Å². The Morgan fingerprint density at radius 1 is 1.33 bits per heavy atom. The standard InChI is InChI=1S/C15H18ClNO4/c1-3-12(15(19)20-2)6-9-14(18)21-17-10-11-4-7-13(16)8-5-11/h4-5,7-8,10,12H,3,6,9H2,1-2H3. The van der Waals surface area contributed by atoms with E-state index in [1.54, 1.807) is 24.3 Å². The lowest BCUT2D eigenvalue weighted by Crippen LogP contribution is -2.17. The normalized spacial score (nSPS) is 12.1. The summed E-state index contributed by atoms with van der Waals surface area (Å²) in [7, 11) is 1.33. The molecule has 0 aliphatic rings. The van der Waals surface area contributed by atoms with E-state index >= 15 is 0 Å². The second-order valence-electron chi connectivity index (χ2n) is 4.42. The second kappa shape index (κ2) is 9.13. The minimum absolute atomic E-state index is 0.117. The van der Waals surface area contributed by atoms with Crippen molar-refractivity contribution >= 4 is 29.8 Å². The lowest BCUT2D eigenvalue weighted by molar-refractivity contribution is -0.147. The highest BCUT2D eigenvalue weighted by atomic mass is 35.5. The third-order valence-corrected chi connectivity index (χ3v) is 3.20. The number of ether oxygens (including phenoxy) is 1. The third-order valence-electron chi connectivity index (χ3n) is 2.95. The van der Waals surface area contributed by atoms with Gasteiger partial charge in [0.25, 0.3) is 0 Å². The highest BCUT2D eigenvalue weighted by molar-refractivity contribution is 6.30. The van der Waals surface area contributed by atoms with Crippen molar-refractivity contribution in [3.05, 3.63) is 34.9 Å². The van der Waals surface area contributed by atoms with Gasteiger partial charge in [0, 0.05) is 11.4 Å². The molecule has 5 nitrogen and oxygen atoms in total. The topological polar surface area (TPSA) is 65.0 Å². The third kappa shape index (κ3) is 6.40. The van der Waals surface area contributed by atoms with Gasteiger partial charge in [0.15, 0.2) is 0 Å². The Hall–Kier alpha value is -1.88. The number of methoxy groups -OCH3 is 1. The summed E-state index contributed by atoms with van der Waals surface area (Å²) < 4.78 is 4.65. The van der Waals surface area contributed by atoms with Gasteiger partial charge in [-0.25, -0.2) is 4.79 Å². The van der Waals surface area contributed by atoms with Gasteiger partial charge >= 0.3 is 11.9 Å². The minimum atomic E-state index is -0.484. The molecule has 1 rings (SSSR count). The molecule has 0 aliphatic heterocycles. The maximum absolute atomic E-state index is 11.5. The van der Waals surface area contributed by atoms with Gasteiger partial charge in [0.2, 0.25) is 0 Å². The lowest BCUT2D eigenvalue weighted by atomic mass is 10.0. The van der Waals surface area contributed by atoms with Crippen LogP contribution < -0.4 is 0 Å². The minimum Gasteiger partial charge on any atom is -0.469 e. The molecule has 0 bridgehead atoms. The summed E-state index contributed by atoms with van der Waals surface area (Å²) in [5.74, 6) is -1.08. The Morgan fingerprint density at radius 3 is 2.57 bits per heavy atom. The van der Waals surface area contributed by atoms with E-state index in [9.17, 15) is 9.59 Å². The van der Waals surface area contributed by atoms with Crippen molar-refractivity contribution in [2.45, 2.75) is 26.2 Å². The van der Waals surface area contributed by atoms with Gasteiger partial charge in [-0.2, -0.15) is 0 Å². The van der Waals surface area contributed by atoms with Crippen LogP contribution in [0.1, 0.15) is 31.7 Å². The molecule has 6 heteroatoms. The Bertz CT molecular complexity index is 499. The lowest BCUT2D eigenvalue weighted by Gasteiger charge is -2.10. The molecule has 114 valence electrons. The first-order valence-corrected chi connectivity index (χ1v) is 7.01. The highest BCUT2D eigenvalue weighted by Crippen LogP contribution is 2.13. The van der Waals surface area contributed by atoms with E-state index in [-0.39, 0.29) is 18.3 Å². The van der Waals surface area contributed by atoms with E-state index < -0.39 is 5.97 Å². The zero-order valence-electron chi connectivity index (χ0n) is 12.0. The summed E-state index contributed by atoms with van der Waals surface area (Å²) in [4.78, 5) is 27.6. The molecule has 0 fully saturated rings. The second-order valence-corrected chi connectivity index (χ2v) is 4.85. The van der Waals surface area contributed by atoms with Crippen molar-refractivity contribution in [3.63, 3.8) is 0 Å². The average molecular weight is 312 g/mol. The molecule has 0 amide bonds. The Morgan fingerprint density at radius 2 is 2.00 bits per heavy atom. The van der Waals surface area contributed by atoms with Gasteiger partial charge in [0.1, 0.15) is 0 Å². The molecule has 0 saturated carbocycles. The number of oxime groups is 1. The van der Waals surface area contributed by atoms with Crippen LogP contribution in [0.4, 0.5) is 0 Å². The van der Waals surface area contributed by atoms with Crippen LogP contribution in [0.3, 0.4) is 0 Å². The van der Waals surface area contributed by atoms with Crippen LogP contribution >= 0.6 is 11.6 Å². The number of rotatable bonds is 7. The molecule has 0 spiro atoms. The zero-order valence-corrected chi connectivity index (χ0v) is 12.8. The molecule has 0 aliphatic carbocycles. The number of carbonyl (C=O) groups is 2. The fourth-order valence-electron chi connectivity index (χ4n) is 1.69. The number of hydrogen-bond acceptors (Lipinski definition) is 5. The van der Waals surface area contributed by atoms with Crippen molar-refractivity contribution in [2.75, 3.05) is 7.11 Å². The van der Waals surface area contributed by atoms with E-state index in [2.05, 4.69) is 9.89 Å². The smallest absolute Gasteiger partial charge is 0.335 e. The molecule has 1 aromatic carbocycles. The van der Waals surface area contributed by atoms with Crippen LogP contribution in [-0.4, -0.2) is 25.3 Å². The van der Waals surface area contributed by atoms with E-state index in [0.29, 0.717) is 17.9 Å². The van der Waals surface area contributed by atoms with Gasteiger partial charge in [0.05, 0.1) is 19.2 Å². The summed E-state index contributed by atoms with van der Waals surface area (Å²) >= 11 is 5.75. The molecule has 0 radical (unpaired) electrons. The Kier molecular flexibility index (Phi) is 7.46. The number of benzene rings is 1. The molecule has 1 aromatic rings. The maximum atomic E-state index is 11.5. The van der Waals surface area contributed by atoms with Gasteiger partial charge in [-0.15, -0.1) is 0 Å². The largest absolute Gasteiger partial charge is 0.469 e. The molecular weight excluding hydrogens is 294 g/mol. The van der Waals surface area contributed by atoms with E-state index in [4.69, 9.17) is 16.4 Å². The molecule has 0 N–H and O–H groups in total. The molecule has 1 atom stereocenters. The number of esters is 1. The molecule has 21 heavy (non-hydrogen) atoms. The average Bonchev–Trinajstić information content (AvgIpc) is 2.49. The maximum Gasteiger partial charge on any atom is 0.335 e. The number of hydrogen-bond donors (Lipinski definition) is 0. The first-order chi connectivity index (χ1) is 10.1. The van der Waals surface area contributed by atoms with E-state index in [0.717, 1.165) is 5.56 Å². The molecule has 1 unspecified atom stereocenters. The van der Waals surface area contributed by atoms with Crippen LogP contribution in [0.25, 0.3) is 0 Å².